The van der Waals surface area contributed by atoms with Crippen LogP contribution in [-0.2, 0) is 0 Å². The molecule has 1 fully saturated rings. The molecule has 0 aliphatic heterocycles. The Labute approximate surface area is 78.4 Å². The largest absolute Gasteiger partial charge is 0.461 e. The molecule has 2 atom stereocenters. The Morgan fingerprint density at radius 2 is 2.38 bits per heavy atom. The quantitative estimate of drug-likeness (QED) is 0.769. The third-order valence-corrected chi connectivity index (χ3v) is 2.54. The summed E-state index contributed by atoms with van der Waals surface area (Å²) in [6.45, 7) is 2.82. The topological polar surface area (TPSA) is 39.2 Å². The third kappa shape index (κ3) is 1.83. The SMILES string of the molecule is CC1CC1c1ccc(C=CCN)o1. The van der Waals surface area contributed by atoms with Crippen molar-refractivity contribution in [2.75, 3.05) is 6.54 Å². The number of rotatable bonds is 3. The van der Waals surface area contributed by atoms with Gasteiger partial charge in [-0.1, -0.05) is 13.0 Å². The Kier molecular flexibility index (Phi) is 2.23. The van der Waals surface area contributed by atoms with Gasteiger partial charge in [-0.3, -0.25) is 0 Å². The standard InChI is InChI=1S/C11H15NO/c1-8-7-10(8)11-5-4-9(13-11)3-2-6-12/h2-5,8,10H,6-7,12H2,1H3. The van der Waals surface area contributed by atoms with E-state index >= 15 is 0 Å². The maximum Gasteiger partial charge on any atom is 0.126 e. The van der Waals surface area contributed by atoms with Crippen molar-refractivity contribution >= 4 is 6.08 Å². The second-order valence-electron chi connectivity index (χ2n) is 3.70. The van der Waals surface area contributed by atoms with E-state index in [9.17, 15) is 0 Å². The van der Waals surface area contributed by atoms with Gasteiger partial charge in [0.05, 0.1) is 0 Å². The molecule has 0 radical (unpaired) electrons. The van der Waals surface area contributed by atoms with Gasteiger partial charge in [-0.05, 0) is 30.5 Å². The molecule has 0 bridgehead atoms. The van der Waals surface area contributed by atoms with Crippen molar-refractivity contribution in [2.24, 2.45) is 11.7 Å². The second-order valence-corrected chi connectivity index (χ2v) is 3.70. The highest BCUT2D eigenvalue weighted by Gasteiger charge is 2.36. The van der Waals surface area contributed by atoms with E-state index in [2.05, 4.69) is 13.0 Å². The predicted octanol–water partition coefficient (Wildman–Crippen LogP) is 2.37. The molecule has 70 valence electrons. The van der Waals surface area contributed by atoms with E-state index in [0.29, 0.717) is 12.5 Å². The van der Waals surface area contributed by atoms with Gasteiger partial charge >= 0.3 is 0 Å². The van der Waals surface area contributed by atoms with E-state index < -0.39 is 0 Å². The summed E-state index contributed by atoms with van der Waals surface area (Å²) in [7, 11) is 0. The smallest absolute Gasteiger partial charge is 0.126 e. The zero-order valence-corrected chi connectivity index (χ0v) is 7.86. The Morgan fingerprint density at radius 1 is 1.62 bits per heavy atom. The van der Waals surface area contributed by atoms with Crippen molar-refractivity contribution in [1.29, 1.82) is 0 Å². The minimum Gasteiger partial charge on any atom is -0.461 e. The van der Waals surface area contributed by atoms with Gasteiger partial charge in [0.1, 0.15) is 11.5 Å². The minimum atomic E-state index is 0.565. The third-order valence-electron chi connectivity index (χ3n) is 2.54. The summed E-state index contributed by atoms with van der Waals surface area (Å²) in [5.41, 5.74) is 5.35. The van der Waals surface area contributed by atoms with E-state index in [-0.39, 0.29) is 0 Å². The number of furan rings is 1. The van der Waals surface area contributed by atoms with Crippen molar-refractivity contribution in [3.05, 3.63) is 29.7 Å². The highest BCUT2D eigenvalue weighted by Crippen LogP contribution is 2.47. The first kappa shape index (κ1) is 8.57. The summed E-state index contributed by atoms with van der Waals surface area (Å²) in [6.07, 6.45) is 5.10. The fourth-order valence-corrected chi connectivity index (χ4v) is 1.56. The first-order valence-electron chi connectivity index (χ1n) is 4.77. The minimum absolute atomic E-state index is 0.565. The van der Waals surface area contributed by atoms with Crippen LogP contribution < -0.4 is 5.73 Å². The van der Waals surface area contributed by atoms with Crippen LogP contribution in [0.2, 0.25) is 0 Å². The molecule has 0 amide bonds. The molecule has 1 aromatic rings. The Hall–Kier alpha value is -1.02. The fraction of sp³-hybridized carbons (Fsp3) is 0.455. The highest BCUT2D eigenvalue weighted by molar-refractivity contribution is 5.43. The van der Waals surface area contributed by atoms with Crippen LogP contribution in [0.15, 0.2) is 22.6 Å². The van der Waals surface area contributed by atoms with Crippen LogP contribution in [0, 0.1) is 5.92 Å². The van der Waals surface area contributed by atoms with Crippen LogP contribution in [0.3, 0.4) is 0 Å². The second kappa shape index (κ2) is 3.38. The molecule has 1 aliphatic rings. The summed E-state index contributed by atoms with van der Waals surface area (Å²) < 4.78 is 5.64. The molecule has 0 aromatic carbocycles. The van der Waals surface area contributed by atoms with Crippen LogP contribution in [-0.4, -0.2) is 6.54 Å². The van der Waals surface area contributed by atoms with Crippen LogP contribution in [0.4, 0.5) is 0 Å². The molecule has 1 saturated carbocycles. The monoisotopic (exact) mass is 177 g/mol. The Morgan fingerprint density at radius 3 is 3.00 bits per heavy atom. The van der Waals surface area contributed by atoms with Crippen molar-refractivity contribution in [1.82, 2.24) is 0 Å². The molecule has 1 aromatic heterocycles. The molecule has 2 heteroatoms. The summed E-state index contributed by atoms with van der Waals surface area (Å²) in [5.74, 6) is 3.52. The Bertz CT molecular complexity index is 314. The summed E-state index contributed by atoms with van der Waals surface area (Å²) in [5, 5.41) is 0. The molecule has 2 nitrogen and oxygen atoms in total. The highest BCUT2D eigenvalue weighted by atomic mass is 16.3. The lowest BCUT2D eigenvalue weighted by Gasteiger charge is -1.89. The molecular weight excluding hydrogens is 162 g/mol. The maximum atomic E-state index is 5.64. The van der Waals surface area contributed by atoms with Gasteiger partial charge < -0.3 is 10.2 Å². The normalized spacial score (nSPS) is 26.9. The molecule has 2 rings (SSSR count). The molecule has 1 heterocycles. The summed E-state index contributed by atoms with van der Waals surface area (Å²) in [6, 6.07) is 4.08. The number of nitrogens with two attached hydrogens (primary N) is 1. The van der Waals surface area contributed by atoms with Gasteiger partial charge in [-0.2, -0.15) is 0 Å². The fourth-order valence-electron chi connectivity index (χ4n) is 1.56. The lowest BCUT2D eigenvalue weighted by atomic mass is 10.3. The number of hydrogen-bond acceptors (Lipinski definition) is 2. The molecule has 0 saturated heterocycles. The van der Waals surface area contributed by atoms with Gasteiger partial charge in [0.2, 0.25) is 0 Å². The average molecular weight is 177 g/mol. The summed E-state index contributed by atoms with van der Waals surface area (Å²) in [4.78, 5) is 0. The first-order chi connectivity index (χ1) is 6.31. The van der Waals surface area contributed by atoms with Crippen LogP contribution in [0.5, 0.6) is 0 Å². The lowest BCUT2D eigenvalue weighted by Crippen LogP contribution is -1.91. The lowest BCUT2D eigenvalue weighted by molar-refractivity contribution is 0.497. The van der Waals surface area contributed by atoms with E-state index in [4.69, 9.17) is 10.2 Å². The van der Waals surface area contributed by atoms with Crippen LogP contribution in [0.25, 0.3) is 6.08 Å². The van der Waals surface area contributed by atoms with E-state index in [0.717, 1.165) is 17.4 Å². The molecular formula is C11H15NO. The van der Waals surface area contributed by atoms with E-state index in [1.165, 1.54) is 6.42 Å². The van der Waals surface area contributed by atoms with Gasteiger partial charge in [0.15, 0.2) is 0 Å². The van der Waals surface area contributed by atoms with Crippen molar-refractivity contribution in [3.63, 3.8) is 0 Å². The summed E-state index contributed by atoms with van der Waals surface area (Å²) >= 11 is 0. The van der Waals surface area contributed by atoms with Gasteiger partial charge in [0, 0.05) is 12.5 Å². The number of hydrogen-bond donors (Lipinski definition) is 1. The van der Waals surface area contributed by atoms with E-state index in [1.807, 2.05) is 18.2 Å². The Balaban J connectivity index is 2.05. The van der Waals surface area contributed by atoms with Crippen molar-refractivity contribution < 1.29 is 4.42 Å². The van der Waals surface area contributed by atoms with Crippen molar-refractivity contribution in [3.8, 4) is 0 Å². The van der Waals surface area contributed by atoms with Crippen LogP contribution >= 0.6 is 0 Å². The maximum absolute atomic E-state index is 5.64. The van der Waals surface area contributed by atoms with Crippen molar-refractivity contribution in [2.45, 2.75) is 19.3 Å². The zero-order chi connectivity index (χ0) is 9.26. The zero-order valence-electron chi connectivity index (χ0n) is 7.86. The molecule has 1 aliphatic carbocycles. The van der Waals surface area contributed by atoms with Gasteiger partial charge in [-0.15, -0.1) is 0 Å². The molecule has 2 N–H and O–H groups in total. The first-order valence-corrected chi connectivity index (χ1v) is 4.77. The van der Waals surface area contributed by atoms with Gasteiger partial charge in [0.25, 0.3) is 0 Å². The molecule has 2 unspecified atom stereocenters. The van der Waals surface area contributed by atoms with Gasteiger partial charge in [-0.25, -0.2) is 0 Å². The molecule has 13 heavy (non-hydrogen) atoms. The van der Waals surface area contributed by atoms with Crippen LogP contribution in [0.1, 0.15) is 30.8 Å². The molecule has 0 spiro atoms. The predicted molar refractivity (Wildman–Crippen MR) is 53.3 cm³/mol. The average Bonchev–Trinajstić information content (AvgIpc) is 2.67. The van der Waals surface area contributed by atoms with E-state index in [1.54, 1.807) is 0 Å².